The van der Waals surface area contributed by atoms with Crippen LogP contribution in [-0.4, -0.2) is 12.6 Å². The average Bonchev–Trinajstić information content (AvgIpc) is 2.47. The third kappa shape index (κ3) is 2.70. The van der Waals surface area contributed by atoms with Crippen LogP contribution < -0.4 is 10.1 Å². The molecule has 0 saturated heterocycles. The summed E-state index contributed by atoms with van der Waals surface area (Å²) in [7, 11) is 0. The standard InChI is InChI=1S/C18H21NO/c1-13(2)20-16-8-6-14(7-9-16)17-5-3-4-15-12-19-11-10-18(15)17/h3-9,13,19H,10-12H2,1-2H3. The minimum atomic E-state index is 0.219. The van der Waals surface area contributed by atoms with Gasteiger partial charge >= 0.3 is 0 Å². The summed E-state index contributed by atoms with van der Waals surface area (Å²) >= 11 is 0. The molecule has 2 aromatic rings. The van der Waals surface area contributed by atoms with E-state index in [1.165, 1.54) is 22.3 Å². The van der Waals surface area contributed by atoms with Gasteiger partial charge < -0.3 is 10.1 Å². The Morgan fingerprint density at radius 2 is 1.85 bits per heavy atom. The van der Waals surface area contributed by atoms with Crippen LogP contribution in [0.25, 0.3) is 11.1 Å². The number of rotatable bonds is 3. The smallest absolute Gasteiger partial charge is 0.119 e. The van der Waals surface area contributed by atoms with Crippen molar-refractivity contribution in [3.8, 4) is 16.9 Å². The van der Waals surface area contributed by atoms with E-state index in [4.69, 9.17) is 4.74 Å². The van der Waals surface area contributed by atoms with Crippen LogP contribution in [0.3, 0.4) is 0 Å². The summed E-state index contributed by atoms with van der Waals surface area (Å²) in [6.07, 6.45) is 1.33. The zero-order valence-corrected chi connectivity index (χ0v) is 12.1. The molecule has 20 heavy (non-hydrogen) atoms. The second kappa shape index (κ2) is 5.68. The van der Waals surface area contributed by atoms with Gasteiger partial charge in [0.15, 0.2) is 0 Å². The summed E-state index contributed by atoms with van der Waals surface area (Å²) in [4.78, 5) is 0. The fraction of sp³-hybridized carbons (Fsp3) is 0.333. The van der Waals surface area contributed by atoms with Crippen molar-refractivity contribution in [3.63, 3.8) is 0 Å². The van der Waals surface area contributed by atoms with Crippen molar-refractivity contribution in [2.75, 3.05) is 6.54 Å². The Labute approximate surface area is 120 Å². The van der Waals surface area contributed by atoms with Gasteiger partial charge in [0.2, 0.25) is 0 Å². The first kappa shape index (κ1) is 13.2. The molecule has 0 bridgehead atoms. The molecule has 1 aliphatic heterocycles. The fourth-order valence-electron chi connectivity index (χ4n) is 2.79. The van der Waals surface area contributed by atoms with E-state index in [0.717, 1.165) is 25.3 Å². The zero-order chi connectivity index (χ0) is 13.9. The molecule has 2 aromatic carbocycles. The summed E-state index contributed by atoms with van der Waals surface area (Å²) in [6, 6.07) is 15.1. The molecular formula is C18H21NO. The third-order valence-corrected chi connectivity index (χ3v) is 3.68. The van der Waals surface area contributed by atoms with Crippen molar-refractivity contribution < 1.29 is 4.74 Å². The van der Waals surface area contributed by atoms with Gasteiger partial charge in [0.1, 0.15) is 5.75 Å². The van der Waals surface area contributed by atoms with Crippen molar-refractivity contribution in [2.45, 2.75) is 32.9 Å². The quantitative estimate of drug-likeness (QED) is 0.913. The van der Waals surface area contributed by atoms with Crippen molar-refractivity contribution in [2.24, 2.45) is 0 Å². The van der Waals surface area contributed by atoms with Gasteiger partial charge in [0.25, 0.3) is 0 Å². The summed E-state index contributed by atoms with van der Waals surface area (Å²) in [6.45, 7) is 6.15. The minimum absolute atomic E-state index is 0.219. The Bertz CT molecular complexity index is 587. The first-order valence-electron chi connectivity index (χ1n) is 7.32. The molecule has 1 N–H and O–H groups in total. The highest BCUT2D eigenvalue weighted by molar-refractivity contribution is 5.69. The highest BCUT2D eigenvalue weighted by Crippen LogP contribution is 2.29. The molecule has 104 valence electrons. The van der Waals surface area contributed by atoms with E-state index in [-0.39, 0.29) is 6.10 Å². The van der Waals surface area contributed by atoms with E-state index < -0.39 is 0 Å². The predicted octanol–water partition coefficient (Wildman–Crippen LogP) is 3.79. The highest BCUT2D eigenvalue weighted by atomic mass is 16.5. The summed E-state index contributed by atoms with van der Waals surface area (Å²) < 4.78 is 5.71. The maximum atomic E-state index is 5.71. The van der Waals surface area contributed by atoms with Crippen LogP contribution >= 0.6 is 0 Å². The Morgan fingerprint density at radius 3 is 2.60 bits per heavy atom. The highest BCUT2D eigenvalue weighted by Gasteiger charge is 2.13. The minimum Gasteiger partial charge on any atom is -0.491 e. The summed E-state index contributed by atoms with van der Waals surface area (Å²) in [5.41, 5.74) is 5.56. The Hall–Kier alpha value is -1.80. The van der Waals surface area contributed by atoms with E-state index in [1.54, 1.807) is 0 Å². The molecule has 3 rings (SSSR count). The van der Waals surface area contributed by atoms with Gasteiger partial charge in [0.05, 0.1) is 6.10 Å². The Morgan fingerprint density at radius 1 is 1.05 bits per heavy atom. The number of hydrogen-bond donors (Lipinski definition) is 1. The third-order valence-electron chi connectivity index (χ3n) is 3.68. The largest absolute Gasteiger partial charge is 0.491 e. The van der Waals surface area contributed by atoms with Crippen molar-refractivity contribution >= 4 is 0 Å². The molecule has 2 heteroatoms. The molecule has 0 aromatic heterocycles. The number of fused-ring (bicyclic) bond motifs is 1. The normalized spacial score (nSPS) is 14.2. The van der Waals surface area contributed by atoms with Crippen LogP contribution in [0.2, 0.25) is 0 Å². The molecule has 0 spiro atoms. The number of hydrogen-bond acceptors (Lipinski definition) is 2. The van der Waals surface area contributed by atoms with E-state index in [0.29, 0.717) is 0 Å². The van der Waals surface area contributed by atoms with Crippen molar-refractivity contribution in [3.05, 3.63) is 53.6 Å². The van der Waals surface area contributed by atoms with E-state index in [1.807, 2.05) is 0 Å². The SMILES string of the molecule is CC(C)Oc1ccc(-c2cccc3c2CCNC3)cc1. The molecular weight excluding hydrogens is 246 g/mol. The molecule has 0 atom stereocenters. The number of nitrogens with one attached hydrogen (secondary N) is 1. The number of benzene rings is 2. The molecule has 0 amide bonds. The van der Waals surface area contributed by atoms with Crippen molar-refractivity contribution in [1.82, 2.24) is 5.32 Å². The Kier molecular flexibility index (Phi) is 3.75. The molecule has 1 heterocycles. The number of ether oxygens (including phenoxy) is 1. The van der Waals surface area contributed by atoms with Gasteiger partial charge in [0, 0.05) is 6.54 Å². The second-order valence-electron chi connectivity index (χ2n) is 5.56. The van der Waals surface area contributed by atoms with Crippen LogP contribution in [-0.2, 0) is 13.0 Å². The second-order valence-corrected chi connectivity index (χ2v) is 5.56. The van der Waals surface area contributed by atoms with Gasteiger partial charge in [-0.2, -0.15) is 0 Å². The zero-order valence-electron chi connectivity index (χ0n) is 12.1. The fourth-order valence-corrected chi connectivity index (χ4v) is 2.79. The van der Waals surface area contributed by atoms with Gasteiger partial charge in [-0.25, -0.2) is 0 Å². The summed E-state index contributed by atoms with van der Waals surface area (Å²) in [5, 5.41) is 3.43. The first-order valence-corrected chi connectivity index (χ1v) is 7.32. The van der Waals surface area contributed by atoms with Crippen LogP contribution in [0.4, 0.5) is 0 Å². The topological polar surface area (TPSA) is 21.3 Å². The van der Waals surface area contributed by atoms with Crippen molar-refractivity contribution in [1.29, 1.82) is 0 Å². The van der Waals surface area contributed by atoms with E-state index >= 15 is 0 Å². The van der Waals surface area contributed by atoms with E-state index in [2.05, 4.69) is 61.6 Å². The van der Waals surface area contributed by atoms with Crippen LogP contribution in [0.1, 0.15) is 25.0 Å². The molecule has 0 aliphatic carbocycles. The lowest BCUT2D eigenvalue weighted by Gasteiger charge is -2.20. The molecule has 1 aliphatic rings. The lowest BCUT2D eigenvalue weighted by atomic mass is 9.91. The Balaban J connectivity index is 1.93. The van der Waals surface area contributed by atoms with Crippen LogP contribution in [0.5, 0.6) is 5.75 Å². The maximum absolute atomic E-state index is 5.71. The maximum Gasteiger partial charge on any atom is 0.119 e. The molecule has 2 nitrogen and oxygen atoms in total. The lowest BCUT2D eigenvalue weighted by molar-refractivity contribution is 0.242. The summed E-state index contributed by atoms with van der Waals surface area (Å²) in [5.74, 6) is 0.940. The van der Waals surface area contributed by atoms with Gasteiger partial charge in [-0.3, -0.25) is 0 Å². The average molecular weight is 267 g/mol. The predicted molar refractivity (Wildman–Crippen MR) is 83.1 cm³/mol. The molecule has 0 radical (unpaired) electrons. The first-order chi connectivity index (χ1) is 9.74. The molecule has 0 unspecified atom stereocenters. The molecule has 0 saturated carbocycles. The monoisotopic (exact) mass is 267 g/mol. The van der Waals surface area contributed by atoms with Gasteiger partial charge in [-0.15, -0.1) is 0 Å². The lowest BCUT2D eigenvalue weighted by Crippen LogP contribution is -2.23. The van der Waals surface area contributed by atoms with Gasteiger partial charge in [-0.1, -0.05) is 30.3 Å². The van der Waals surface area contributed by atoms with Crippen LogP contribution in [0, 0.1) is 0 Å². The van der Waals surface area contributed by atoms with Crippen LogP contribution in [0.15, 0.2) is 42.5 Å². The van der Waals surface area contributed by atoms with Gasteiger partial charge in [-0.05, 0) is 61.2 Å². The van der Waals surface area contributed by atoms with E-state index in [9.17, 15) is 0 Å². The molecule has 0 fully saturated rings.